The number of imidazole rings is 1. The highest BCUT2D eigenvalue weighted by Gasteiger charge is 2.24. The summed E-state index contributed by atoms with van der Waals surface area (Å²) < 4.78 is 37.5. The average Bonchev–Trinajstić information content (AvgIpc) is 3.23. The minimum Gasteiger partial charge on any atom is -0.444 e. The van der Waals surface area contributed by atoms with Gasteiger partial charge in [0.25, 0.3) is 0 Å². The molecule has 1 fully saturated rings. The fourth-order valence-electron chi connectivity index (χ4n) is 4.30. The van der Waals surface area contributed by atoms with Gasteiger partial charge in [-0.05, 0) is 43.7 Å². The van der Waals surface area contributed by atoms with E-state index in [2.05, 4.69) is 25.3 Å². The van der Waals surface area contributed by atoms with Crippen LogP contribution in [0.15, 0.2) is 48.7 Å². The molecule has 1 amide bonds. The lowest BCUT2D eigenvalue weighted by molar-refractivity contribution is -0.0510. The number of ether oxygens (including phenoxy) is 2. The van der Waals surface area contributed by atoms with Crippen LogP contribution in [0.2, 0.25) is 0 Å². The van der Waals surface area contributed by atoms with Crippen molar-refractivity contribution in [1.29, 1.82) is 5.26 Å². The Morgan fingerprint density at radius 2 is 1.81 bits per heavy atom. The molecule has 0 saturated carbocycles. The molecule has 0 spiro atoms. The largest absolute Gasteiger partial charge is 0.444 e. The van der Waals surface area contributed by atoms with E-state index in [0.29, 0.717) is 50.4 Å². The van der Waals surface area contributed by atoms with E-state index in [1.807, 2.05) is 44.3 Å². The van der Waals surface area contributed by atoms with Crippen LogP contribution >= 0.6 is 0 Å². The van der Waals surface area contributed by atoms with Gasteiger partial charge in [-0.1, -0.05) is 23.8 Å². The summed E-state index contributed by atoms with van der Waals surface area (Å²) in [5, 5.41) is 9.01. The number of nitriles is 1. The number of hydrogen-bond acceptors (Lipinski definition) is 6. The maximum Gasteiger partial charge on any atom is 0.410 e. The molecular weight excluding hydrogens is 480 g/mol. The van der Waals surface area contributed by atoms with Gasteiger partial charge in [0.15, 0.2) is 0 Å². The lowest BCUT2D eigenvalue weighted by Crippen LogP contribution is -2.48. The smallest absolute Gasteiger partial charge is 0.410 e. The van der Waals surface area contributed by atoms with Gasteiger partial charge in [0.05, 0.1) is 17.3 Å². The topological polar surface area (TPSA) is 83.6 Å². The van der Waals surface area contributed by atoms with Crippen LogP contribution in [0.4, 0.5) is 13.6 Å². The molecule has 10 heteroatoms. The molecule has 194 valence electrons. The van der Waals surface area contributed by atoms with Crippen LogP contribution in [-0.4, -0.2) is 58.2 Å². The summed E-state index contributed by atoms with van der Waals surface area (Å²) in [7, 11) is 0. The van der Waals surface area contributed by atoms with Crippen LogP contribution in [0.25, 0.3) is 0 Å². The van der Waals surface area contributed by atoms with E-state index >= 15 is 0 Å². The normalized spacial score (nSPS) is 14.0. The number of amides is 1. The molecule has 0 N–H and O–H groups in total. The summed E-state index contributed by atoms with van der Waals surface area (Å²) in [6, 6.07) is 14.4. The van der Waals surface area contributed by atoms with Crippen LogP contribution in [0.5, 0.6) is 5.75 Å². The average molecular weight is 510 g/mol. The van der Waals surface area contributed by atoms with Crippen molar-refractivity contribution in [2.24, 2.45) is 0 Å². The number of aryl methyl sites for hydroxylation is 2. The molecule has 0 aliphatic carbocycles. The van der Waals surface area contributed by atoms with Crippen molar-refractivity contribution in [3.8, 4) is 11.8 Å². The highest BCUT2D eigenvalue weighted by Crippen LogP contribution is 2.23. The zero-order valence-corrected chi connectivity index (χ0v) is 20.9. The highest BCUT2D eigenvalue weighted by atomic mass is 19.3. The first-order valence-corrected chi connectivity index (χ1v) is 12.0. The second-order valence-corrected chi connectivity index (χ2v) is 9.00. The Morgan fingerprint density at radius 1 is 1.08 bits per heavy atom. The molecule has 8 nitrogen and oxygen atoms in total. The number of rotatable bonds is 8. The van der Waals surface area contributed by atoms with Crippen LogP contribution in [0.1, 0.15) is 33.8 Å². The van der Waals surface area contributed by atoms with E-state index < -0.39 is 12.7 Å². The van der Waals surface area contributed by atoms with Gasteiger partial charge in [-0.15, -0.1) is 0 Å². The predicted octanol–water partition coefficient (Wildman–Crippen LogP) is 4.48. The maximum absolute atomic E-state index is 12.7. The second-order valence-electron chi connectivity index (χ2n) is 9.00. The SMILES string of the molecule is Cc1ccc(OC(F)F)c(COC(=O)N2CCN(Cc3cnc(C)n3Cc3ccc(C#N)cc3)CC2)c1. The van der Waals surface area contributed by atoms with Gasteiger partial charge in [0, 0.05) is 51.0 Å². The summed E-state index contributed by atoms with van der Waals surface area (Å²) in [6.45, 7) is 4.38. The second kappa shape index (κ2) is 11.8. The predicted molar refractivity (Wildman–Crippen MR) is 132 cm³/mol. The third-order valence-corrected chi connectivity index (χ3v) is 6.36. The number of hydrogen-bond donors (Lipinski definition) is 0. The van der Waals surface area contributed by atoms with Gasteiger partial charge in [-0.2, -0.15) is 14.0 Å². The molecule has 4 rings (SSSR count). The molecule has 0 radical (unpaired) electrons. The Labute approximate surface area is 214 Å². The third-order valence-electron chi connectivity index (χ3n) is 6.36. The van der Waals surface area contributed by atoms with Crippen LogP contribution < -0.4 is 4.74 Å². The summed E-state index contributed by atoms with van der Waals surface area (Å²) in [4.78, 5) is 21.0. The minimum atomic E-state index is -2.95. The highest BCUT2D eigenvalue weighted by molar-refractivity contribution is 5.67. The third kappa shape index (κ3) is 6.83. The number of carbonyl (C=O) groups excluding carboxylic acids is 1. The van der Waals surface area contributed by atoms with Crippen molar-refractivity contribution in [3.63, 3.8) is 0 Å². The molecule has 3 aromatic rings. The van der Waals surface area contributed by atoms with Gasteiger partial charge in [0.2, 0.25) is 0 Å². The Balaban J connectivity index is 1.30. The summed E-state index contributed by atoms with van der Waals surface area (Å²) in [5.41, 5.74) is 4.05. The van der Waals surface area contributed by atoms with Gasteiger partial charge in [0.1, 0.15) is 18.2 Å². The van der Waals surface area contributed by atoms with E-state index in [1.165, 1.54) is 6.07 Å². The molecule has 0 bridgehead atoms. The molecule has 0 atom stereocenters. The van der Waals surface area contributed by atoms with E-state index in [0.717, 1.165) is 22.6 Å². The van der Waals surface area contributed by atoms with Crippen LogP contribution in [0, 0.1) is 25.2 Å². The Hall–Kier alpha value is -3.97. The summed E-state index contributed by atoms with van der Waals surface area (Å²) in [6.07, 6.45) is 1.39. The zero-order chi connectivity index (χ0) is 26.4. The van der Waals surface area contributed by atoms with Gasteiger partial charge in [-0.25, -0.2) is 9.78 Å². The van der Waals surface area contributed by atoms with Crippen molar-refractivity contribution in [2.75, 3.05) is 26.2 Å². The molecule has 1 saturated heterocycles. The minimum absolute atomic E-state index is 0.00568. The molecular formula is C27H29F2N5O3. The monoisotopic (exact) mass is 509 g/mol. The van der Waals surface area contributed by atoms with E-state index in [-0.39, 0.29) is 12.4 Å². The van der Waals surface area contributed by atoms with Crippen LogP contribution in [-0.2, 0) is 24.4 Å². The van der Waals surface area contributed by atoms with E-state index in [1.54, 1.807) is 17.0 Å². The molecule has 2 aromatic carbocycles. The number of piperazine rings is 1. The van der Waals surface area contributed by atoms with Crippen molar-refractivity contribution < 1.29 is 23.0 Å². The maximum atomic E-state index is 12.7. The molecule has 2 heterocycles. The van der Waals surface area contributed by atoms with Crippen molar-refractivity contribution >= 4 is 6.09 Å². The van der Waals surface area contributed by atoms with Crippen molar-refractivity contribution in [1.82, 2.24) is 19.4 Å². The van der Waals surface area contributed by atoms with E-state index in [9.17, 15) is 13.6 Å². The molecule has 1 aromatic heterocycles. The quantitative estimate of drug-likeness (QED) is 0.446. The number of halogens is 2. The van der Waals surface area contributed by atoms with Crippen molar-refractivity contribution in [2.45, 2.75) is 40.2 Å². The lowest BCUT2D eigenvalue weighted by atomic mass is 10.1. The zero-order valence-electron chi connectivity index (χ0n) is 20.9. The molecule has 1 aliphatic heterocycles. The van der Waals surface area contributed by atoms with Gasteiger partial charge in [-0.3, -0.25) is 4.90 Å². The number of carbonyl (C=O) groups is 1. The summed E-state index contributed by atoms with van der Waals surface area (Å²) in [5.74, 6) is 0.916. The van der Waals surface area contributed by atoms with Gasteiger partial charge < -0.3 is 18.9 Å². The first-order valence-electron chi connectivity index (χ1n) is 12.0. The number of alkyl halides is 2. The first-order chi connectivity index (χ1) is 17.8. The summed E-state index contributed by atoms with van der Waals surface area (Å²) >= 11 is 0. The number of aromatic nitrogens is 2. The Morgan fingerprint density at radius 3 is 2.49 bits per heavy atom. The van der Waals surface area contributed by atoms with Crippen molar-refractivity contribution in [3.05, 3.63) is 82.4 Å². The Bertz CT molecular complexity index is 1260. The van der Waals surface area contributed by atoms with Gasteiger partial charge >= 0.3 is 12.7 Å². The molecule has 37 heavy (non-hydrogen) atoms. The Kier molecular flexibility index (Phi) is 8.36. The molecule has 1 aliphatic rings. The fourth-order valence-corrected chi connectivity index (χ4v) is 4.30. The fraction of sp³-hybridized carbons (Fsp3) is 0.370. The first kappa shape index (κ1) is 26.1. The van der Waals surface area contributed by atoms with E-state index in [4.69, 9.17) is 10.00 Å². The van der Waals surface area contributed by atoms with Crippen LogP contribution in [0.3, 0.4) is 0 Å². The number of benzene rings is 2. The lowest BCUT2D eigenvalue weighted by Gasteiger charge is -2.34. The standard InChI is InChI=1S/C27H29F2N5O3/c1-19-3-8-25(37-26(28)29)23(13-19)18-36-27(35)33-11-9-32(10-12-33)17-24-15-31-20(2)34(24)16-22-6-4-21(14-30)5-7-22/h3-8,13,15,26H,9-12,16-18H2,1-2H3. The molecule has 0 unspecified atom stereocenters. The number of nitrogens with zero attached hydrogens (tertiary/aromatic N) is 5.